The van der Waals surface area contributed by atoms with Crippen LogP contribution in [0.5, 0.6) is 0 Å². The molecular formula is C26H31N3O4. The molecule has 7 nitrogen and oxygen atoms in total. The molecule has 2 aromatic rings. The molecule has 174 valence electrons. The number of hydrogen-bond acceptors (Lipinski definition) is 6. The van der Waals surface area contributed by atoms with Gasteiger partial charge in [0.1, 0.15) is 5.76 Å². The highest BCUT2D eigenvalue weighted by Crippen LogP contribution is 2.39. The fourth-order valence-electron chi connectivity index (χ4n) is 4.45. The number of benzene rings is 2. The first-order valence-electron chi connectivity index (χ1n) is 11.4. The van der Waals surface area contributed by atoms with Gasteiger partial charge in [-0.15, -0.1) is 0 Å². The number of anilines is 1. The fraction of sp³-hybridized carbons (Fsp3) is 0.385. The van der Waals surface area contributed by atoms with Gasteiger partial charge in [0.25, 0.3) is 11.7 Å². The van der Waals surface area contributed by atoms with Crippen LogP contribution in [0.15, 0.2) is 60.2 Å². The molecule has 0 unspecified atom stereocenters. The van der Waals surface area contributed by atoms with Crippen LogP contribution >= 0.6 is 0 Å². The third kappa shape index (κ3) is 4.94. The summed E-state index contributed by atoms with van der Waals surface area (Å²) >= 11 is 0. The van der Waals surface area contributed by atoms with Crippen molar-refractivity contribution in [3.05, 3.63) is 71.3 Å². The number of amides is 1. The van der Waals surface area contributed by atoms with Crippen molar-refractivity contribution in [2.24, 2.45) is 0 Å². The summed E-state index contributed by atoms with van der Waals surface area (Å²) in [6, 6.07) is 16.1. The minimum Gasteiger partial charge on any atom is -0.507 e. The molecule has 2 saturated heterocycles. The molecule has 0 saturated carbocycles. The molecule has 33 heavy (non-hydrogen) atoms. The van der Waals surface area contributed by atoms with E-state index >= 15 is 0 Å². The van der Waals surface area contributed by atoms with Crippen LogP contribution in [0.2, 0.25) is 0 Å². The van der Waals surface area contributed by atoms with Crippen molar-refractivity contribution >= 4 is 23.1 Å². The first-order valence-corrected chi connectivity index (χ1v) is 11.4. The number of Topliss-reactive ketones (excluding diaryl/α,β-unsaturated/α-hetero) is 1. The summed E-state index contributed by atoms with van der Waals surface area (Å²) in [5, 5.41) is 11.1. The van der Waals surface area contributed by atoms with Crippen LogP contribution in [0, 0.1) is 0 Å². The summed E-state index contributed by atoms with van der Waals surface area (Å²) in [4.78, 5) is 32.1. The second-order valence-electron chi connectivity index (χ2n) is 8.65. The number of carbonyl (C=O) groups is 2. The van der Waals surface area contributed by atoms with Gasteiger partial charge in [0.15, 0.2) is 0 Å². The number of rotatable bonds is 7. The van der Waals surface area contributed by atoms with Gasteiger partial charge in [0.05, 0.1) is 24.8 Å². The minimum atomic E-state index is -0.635. The van der Waals surface area contributed by atoms with Crippen LogP contribution in [0.25, 0.3) is 5.76 Å². The minimum absolute atomic E-state index is 0.133. The van der Waals surface area contributed by atoms with Gasteiger partial charge >= 0.3 is 0 Å². The maximum absolute atomic E-state index is 13.1. The second kappa shape index (κ2) is 10.2. The third-order valence-electron chi connectivity index (χ3n) is 6.29. The fourth-order valence-corrected chi connectivity index (χ4v) is 4.45. The van der Waals surface area contributed by atoms with Crippen molar-refractivity contribution in [2.45, 2.75) is 12.5 Å². The van der Waals surface area contributed by atoms with E-state index in [-0.39, 0.29) is 11.3 Å². The zero-order valence-electron chi connectivity index (χ0n) is 19.2. The highest BCUT2D eigenvalue weighted by Gasteiger charge is 2.45. The number of nitrogens with zero attached hydrogens (tertiary/aromatic N) is 3. The Morgan fingerprint density at radius 2 is 1.67 bits per heavy atom. The number of morpholine rings is 1. The molecule has 2 aliphatic heterocycles. The summed E-state index contributed by atoms with van der Waals surface area (Å²) in [5.41, 5.74) is 2.50. The van der Waals surface area contributed by atoms with E-state index < -0.39 is 17.7 Å². The van der Waals surface area contributed by atoms with E-state index in [1.54, 1.807) is 29.2 Å². The summed E-state index contributed by atoms with van der Waals surface area (Å²) in [6.45, 7) is 4.47. The Labute approximate surface area is 194 Å². The van der Waals surface area contributed by atoms with E-state index in [1.807, 2.05) is 49.3 Å². The summed E-state index contributed by atoms with van der Waals surface area (Å²) < 4.78 is 5.41. The third-order valence-corrected chi connectivity index (χ3v) is 6.29. The summed E-state index contributed by atoms with van der Waals surface area (Å²) in [5.74, 6) is -1.33. The van der Waals surface area contributed by atoms with Gasteiger partial charge in [-0.3, -0.25) is 14.5 Å². The van der Waals surface area contributed by atoms with Gasteiger partial charge in [0.2, 0.25) is 0 Å². The Balaban J connectivity index is 1.66. The molecule has 1 N–H and O–H groups in total. The monoisotopic (exact) mass is 449 g/mol. The van der Waals surface area contributed by atoms with E-state index in [9.17, 15) is 14.7 Å². The molecule has 2 aliphatic rings. The first-order chi connectivity index (χ1) is 16.0. The number of likely N-dealkylation sites (tertiary alicyclic amines) is 1. The van der Waals surface area contributed by atoms with Gasteiger partial charge in [-0.1, -0.05) is 42.5 Å². The molecule has 2 heterocycles. The highest BCUT2D eigenvalue weighted by molar-refractivity contribution is 6.46. The van der Waals surface area contributed by atoms with Gasteiger partial charge in [0, 0.05) is 51.5 Å². The van der Waals surface area contributed by atoms with Crippen LogP contribution < -0.4 is 4.90 Å². The molecule has 0 radical (unpaired) electrons. The zero-order chi connectivity index (χ0) is 23.4. The largest absolute Gasteiger partial charge is 0.507 e. The van der Waals surface area contributed by atoms with Crippen molar-refractivity contribution in [1.82, 2.24) is 9.80 Å². The lowest BCUT2D eigenvalue weighted by Gasteiger charge is -2.29. The summed E-state index contributed by atoms with van der Waals surface area (Å²) in [7, 11) is 3.92. The molecule has 2 aromatic carbocycles. The lowest BCUT2D eigenvalue weighted by molar-refractivity contribution is -0.140. The number of ketones is 1. The molecular weight excluding hydrogens is 418 g/mol. The Kier molecular flexibility index (Phi) is 7.11. The Hall–Kier alpha value is -3.16. The number of aliphatic hydroxyl groups excluding tert-OH is 1. The maximum atomic E-state index is 13.1. The molecule has 0 spiro atoms. The number of hydrogen-bond donors (Lipinski definition) is 1. The maximum Gasteiger partial charge on any atom is 0.295 e. The number of carbonyl (C=O) groups excluding carboxylic acids is 2. The number of ether oxygens (including phenoxy) is 1. The van der Waals surface area contributed by atoms with Crippen molar-refractivity contribution in [2.75, 3.05) is 58.4 Å². The normalized spacial score (nSPS) is 20.9. The Morgan fingerprint density at radius 1 is 1.00 bits per heavy atom. The average Bonchev–Trinajstić information content (AvgIpc) is 3.10. The van der Waals surface area contributed by atoms with Crippen molar-refractivity contribution in [3.8, 4) is 0 Å². The van der Waals surface area contributed by atoms with E-state index in [1.165, 1.54) is 0 Å². The highest BCUT2D eigenvalue weighted by atomic mass is 16.5. The molecule has 1 amide bonds. The van der Waals surface area contributed by atoms with Crippen molar-refractivity contribution < 1.29 is 19.4 Å². The van der Waals surface area contributed by atoms with E-state index in [0.29, 0.717) is 12.1 Å². The second-order valence-corrected chi connectivity index (χ2v) is 8.65. The molecule has 0 bridgehead atoms. The van der Waals surface area contributed by atoms with Crippen LogP contribution in [0.4, 0.5) is 5.69 Å². The van der Waals surface area contributed by atoms with Crippen LogP contribution in [0.3, 0.4) is 0 Å². The average molecular weight is 450 g/mol. The quantitative estimate of drug-likeness (QED) is 0.398. The van der Waals surface area contributed by atoms with Gasteiger partial charge < -0.3 is 19.6 Å². The van der Waals surface area contributed by atoms with E-state index in [0.717, 1.165) is 50.5 Å². The molecule has 2 fully saturated rings. The topological polar surface area (TPSA) is 73.3 Å². The standard InChI is InChI=1S/C26H31N3O4/c1-27(2)21-11-9-19(10-12-21)23-22(24(30)20-7-4-3-5-8-20)25(31)26(32)29(23)14-6-13-28-15-17-33-18-16-28/h3-5,7-12,23,30H,6,13-18H2,1-2H3/t23-/m0/s1. The molecule has 4 rings (SSSR count). The van der Waals surface area contributed by atoms with Crippen LogP contribution in [-0.4, -0.2) is 80.1 Å². The van der Waals surface area contributed by atoms with Gasteiger partial charge in [-0.2, -0.15) is 0 Å². The number of aliphatic hydroxyl groups is 1. The molecule has 0 aromatic heterocycles. The van der Waals surface area contributed by atoms with Crippen molar-refractivity contribution in [3.63, 3.8) is 0 Å². The summed E-state index contributed by atoms with van der Waals surface area (Å²) in [6.07, 6.45) is 0.741. The lowest BCUT2D eigenvalue weighted by Crippen LogP contribution is -2.38. The first kappa shape index (κ1) is 23.0. The van der Waals surface area contributed by atoms with E-state index in [2.05, 4.69) is 4.90 Å². The predicted octanol–water partition coefficient (Wildman–Crippen LogP) is 2.90. The SMILES string of the molecule is CN(C)c1ccc([C@H]2C(=C(O)c3ccccc3)C(=O)C(=O)N2CCCN2CCOCC2)cc1. The van der Waals surface area contributed by atoms with E-state index in [4.69, 9.17) is 4.74 Å². The van der Waals surface area contributed by atoms with Crippen LogP contribution in [0.1, 0.15) is 23.6 Å². The Morgan fingerprint density at radius 3 is 2.30 bits per heavy atom. The Bertz CT molecular complexity index is 1010. The van der Waals surface area contributed by atoms with Crippen molar-refractivity contribution in [1.29, 1.82) is 0 Å². The van der Waals surface area contributed by atoms with Crippen LogP contribution in [-0.2, 0) is 14.3 Å². The smallest absolute Gasteiger partial charge is 0.295 e. The lowest BCUT2D eigenvalue weighted by atomic mass is 9.95. The molecule has 0 aliphatic carbocycles. The zero-order valence-corrected chi connectivity index (χ0v) is 19.2. The molecule has 1 atom stereocenters. The van der Waals surface area contributed by atoms with Gasteiger partial charge in [-0.25, -0.2) is 0 Å². The van der Waals surface area contributed by atoms with Gasteiger partial charge in [-0.05, 0) is 24.1 Å². The molecule has 7 heteroatoms. The predicted molar refractivity (Wildman–Crippen MR) is 128 cm³/mol.